The number of halogens is 5. The van der Waals surface area contributed by atoms with Crippen molar-refractivity contribution in [2.45, 2.75) is 37.2 Å². The molecule has 5 rings (SSSR count). The van der Waals surface area contributed by atoms with Crippen molar-refractivity contribution in [2.24, 2.45) is 0 Å². The van der Waals surface area contributed by atoms with Crippen LogP contribution in [0.1, 0.15) is 16.8 Å². The Morgan fingerprint density at radius 1 is 1.11 bits per heavy atom. The van der Waals surface area contributed by atoms with Gasteiger partial charge in [-0.15, -0.1) is 5.10 Å². The molecule has 1 saturated heterocycles. The second-order valence-electron chi connectivity index (χ2n) is 9.65. The molecule has 4 aromatic rings. The lowest BCUT2D eigenvalue weighted by Gasteiger charge is -2.39. The van der Waals surface area contributed by atoms with E-state index in [4.69, 9.17) is 0 Å². The number of piperazine rings is 1. The van der Waals surface area contributed by atoms with Gasteiger partial charge in [0, 0.05) is 37.9 Å². The molecule has 2 aromatic carbocycles. The highest BCUT2D eigenvalue weighted by atomic mass is 32.2. The Morgan fingerprint density at radius 3 is 2.43 bits per heavy atom. The van der Waals surface area contributed by atoms with Crippen molar-refractivity contribution in [3.8, 4) is 5.75 Å². The molecule has 1 fully saturated rings. The van der Waals surface area contributed by atoms with Crippen molar-refractivity contribution in [1.82, 2.24) is 24.2 Å². The lowest BCUT2D eigenvalue weighted by molar-refractivity contribution is -0.137. The molecule has 1 N–H and O–H groups in total. The van der Waals surface area contributed by atoms with Crippen LogP contribution in [0.15, 0.2) is 64.3 Å². The first-order chi connectivity index (χ1) is 20.7. The molecule has 0 bridgehead atoms. The fourth-order valence-corrected chi connectivity index (χ4v) is 7.11. The highest BCUT2D eigenvalue weighted by molar-refractivity contribution is 7.89. The number of sulfonamides is 1. The van der Waals surface area contributed by atoms with Crippen LogP contribution in [0.3, 0.4) is 0 Å². The van der Waals surface area contributed by atoms with E-state index < -0.39 is 50.8 Å². The molecule has 0 saturated carbocycles. The van der Waals surface area contributed by atoms with E-state index in [2.05, 4.69) is 20.1 Å². The first-order valence-corrected chi connectivity index (χ1v) is 15.1. The summed E-state index contributed by atoms with van der Waals surface area (Å²) < 4.78 is 98.1. The highest BCUT2D eigenvalue weighted by Gasteiger charge is 2.41. The molecule has 44 heavy (non-hydrogen) atoms. The average molecular weight is 659 g/mol. The Labute approximate surface area is 250 Å². The van der Waals surface area contributed by atoms with Crippen LogP contribution in [0.4, 0.5) is 27.1 Å². The molecule has 18 heteroatoms. The Balaban J connectivity index is 1.42. The summed E-state index contributed by atoms with van der Waals surface area (Å²) in [4.78, 5) is 30.8. The predicted octanol–water partition coefficient (Wildman–Crippen LogP) is 3.28. The number of aryl methyl sites for hydroxylation is 1. The summed E-state index contributed by atoms with van der Waals surface area (Å²) in [6.45, 7) is -1.78. The minimum absolute atomic E-state index is 0.0684. The minimum atomic E-state index is -4.67. The number of anilines is 1. The van der Waals surface area contributed by atoms with Crippen molar-refractivity contribution >= 4 is 37.4 Å². The molecule has 3 heterocycles. The molecule has 0 radical (unpaired) electrons. The summed E-state index contributed by atoms with van der Waals surface area (Å²) in [6.07, 6.45) is -4.67. The maximum atomic E-state index is 13.6. The number of ether oxygens (including phenoxy) is 1. The first kappa shape index (κ1) is 31.3. The van der Waals surface area contributed by atoms with Crippen LogP contribution >= 0.6 is 11.3 Å². The Morgan fingerprint density at radius 2 is 1.80 bits per heavy atom. The van der Waals surface area contributed by atoms with Gasteiger partial charge < -0.3 is 15.0 Å². The Hall–Kier alpha value is -4.16. The van der Waals surface area contributed by atoms with E-state index in [1.165, 1.54) is 34.8 Å². The van der Waals surface area contributed by atoms with Gasteiger partial charge in [-0.3, -0.25) is 9.59 Å². The van der Waals surface area contributed by atoms with E-state index in [1.54, 1.807) is 11.8 Å². The van der Waals surface area contributed by atoms with Crippen LogP contribution in [0.2, 0.25) is 0 Å². The fourth-order valence-electron chi connectivity index (χ4n) is 4.56. The molecule has 0 unspecified atom stereocenters. The minimum Gasteiger partial charge on any atom is -0.435 e. The molecule has 2 aromatic heterocycles. The van der Waals surface area contributed by atoms with Crippen LogP contribution in [-0.2, 0) is 27.5 Å². The first-order valence-electron chi connectivity index (χ1n) is 12.9. The number of nitrogens with zero attached hydrogens (tertiary/aromatic N) is 5. The van der Waals surface area contributed by atoms with Crippen molar-refractivity contribution in [3.05, 3.63) is 81.8 Å². The van der Waals surface area contributed by atoms with Gasteiger partial charge >= 0.3 is 12.8 Å². The summed E-state index contributed by atoms with van der Waals surface area (Å²) >= 11 is 1.07. The molecular weight excluding hydrogens is 635 g/mol. The van der Waals surface area contributed by atoms with Gasteiger partial charge in [0.2, 0.25) is 26.0 Å². The van der Waals surface area contributed by atoms with Crippen molar-refractivity contribution in [2.75, 3.05) is 24.5 Å². The topological polar surface area (TPSA) is 126 Å². The van der Waals surface area contributed by atoms with E-state index >= 15 is 0 Å². The number of rotatable bonds is 8. The van der Waals surface area contributed by atoms with E-state index in [0.717, 1.165) is 27.8 Å². The summed E-state index contributed by atoms with van der Waals surface area (Å²) in [7, 11) is -4.45. The van der Waals surface area contributed by atoms with Gasteiger partial charge in [0.1, 0.15) is 11.8 Å². The predicted molar refractivity (Wildman–Crippen MR) is 148 cm³/mol. The van der Waals surface area contributed by atoms with Gasteiger partial charge in [0.25, 0.3) is 5.56 Å². The van der Waals surface area contributed by atoms with Crippen LogP contribution in [0.25, 0.3) is 4.96 Å². The third-order valence-electron chi connectivity index (χ3n) is 6.73. The SMILES string of the molecule is Cc1cc(=O)nc2sc(N3CCN(S(=O)(=O)c4ccc(C(F)(F)F)cc4)[C@@H](C(=O)NCc4ccc(OC(F)F)cc4)C3)nn12. The molecule has 1 aliphatic rings. The molecule has 1 amide bonds. The van der Waals surface area contributed by atoms with Gasteiger partial charge in [-0.2, -0.15) is 31.2 Å². The Bertz CT molecular complexity index is 1830. The normalized spacial score (nSPS) is 16.4. The summed E-state index contributed by atoms with van der Waals surface area (Å²) in [6, 6.07) is 8.38. The maximum Gasteiger partial charge on any atom is 0.416 e. The summed E-state index contributed by atoms with van der Waals surface area (Å²) in [5.74, 6) is -0.808. The number of fused-ring (bicyclic) bond motifs is 1. The van der Waals surface area contributed by atoms with Crippen LogP contribution < -0.4 is 20.5 Å². The van der Waals surface area contributed by atoms with E-state index in [9.17, 15) is 40.0 Å². The third kappa shape index (κ3) is 6.66. The van der Waals surface area contributed by atoms with Gasteiger partial charge in [-0.05, 0) is 48.9 Å². The van der Waals surface area contributed by atoms with Gasteiger partial charge in [-0.25, -0.2) is 12.9 Å². The smallest absolute Gasteiger partial charge is 0.416 e. The average Bonchev–Trinajstić information content (AvgIpc) is 3.40. The molecule has 11 nitrogen and oxygen atoms in total. The number of alkyl halides is 5. The van der Waals surface area contributed by atoms with Crippen molar-refractivity contribution in [3.63, 3.8) is 0 Å². The zero-order chi connectivity index (χ0) is 31.8. The summed E-state index contributed by atoms with van der Waals surface area (Å²) in [5, 5.41) is 7.47. The highest BCUT2D eigenvalue weighted by Crippen LogP contribution is 2.32. The number of nitrogens with one attached hydrogen (secondary N) is 1. The van der Waals surface area contributed by atoms with Crippen LogP contribution in [0.5, 0.6) is 5.75 Å². The number of benzene rings is 2. The number of aromatic nitrogens is 3. The zero-order valence-electron chi connectivity index (χ0n) is 22.7. The largest absolute Gasteiger partial charge is 0.435 e. The molecule has 0 aliphatic carbocycles. The quantitative estimate of drug-likeness (QED) is 0.286. The number of carbonyl (C=O) groups is 1. The molecule has 1 atom stereocenters. The molecule has 0 spiro atoms. The van der Waals surface area contributed by atoms with Gasteiger partial charge in [0.05, 0.1) is 10.5 Å². The van der Waals surface area contributed by atoms with E-state index in [1.807, 2.05) is 0 Å². The van der Waals surface area contributed by atoms with Gasteiger partial charge in [-0.1, -0.05) is 23.5 Å². The van der Waals surface area contributed by atoms with E-state index in [0.29, 0.717) is 33.5 Å². The number of hydrogen-bond donors (Lipinski definition) is 1. The molecular formula is C26H23F5N6O5S2. The van der Waals surface area contributed by atoms with Gasteiger partial charge in [0.15, 0.2) is 0 Å². The summed E-state index contributed by atoms with van der Waals surface area (Å²) in [5.41, 5.74) is -0.470. The lowest BCUT2D eigenvalue weighted by atomic mass is 10.2. The third-order valence-corrected chi connectivity index (χ3v) is 9.62. The standard InChI is InChI=1S/C26H23F5N6O5S2/c1-15-12-21(38)33-24-37(15)34-25(43-24)35-10-11-36(44(40,41)19-8-4-17(5-9-19)26(29,30)31)20(14-35)22(39)32-13-16-2-6-18(7-3-16)42-23(27)28/h2-9,12,20,23H,10-11,13-14H2,1H3,(H,32,39)/t20-/m1/s1. The monoisotopic (exact) mass is 658 g/mol. The van der Waals surface area contributed by atoms with Crippen LogP contribution in [-0.4, -0.2) is 65.5 Å². The maximum absolute atomic E-state index is 13.6. The van der Waals surface area contributed by atoms with E-state index in [-0.39, 0.29) is 31.9 Å². The molecule has 1 aliphatic heterocycles. The van der Waals surface area contributed by atoms with Crippen molar-refractivity contribution in [1.29, 1.82) is 0 Å². The zero-order valence-corrected chi connectivity index (χ0v) is 24.3. The van der Waals surface area contributed by atoms with Crippen LogP contribution in [0, 0.1) is 6.92 Å². The molecule has 234 valence electrons. The lowest BCUT2D eigenvalue weighted by Crippen LogP contribution is -2.60. The number of hydrogen-bond acceptors (Lipinski definition) is 9. The number of amides is 1. The second kappa shape index (κ2) is 12.1. The second-order valence-corrected chi connectivity index (χ2v) is 12.5. The Kier molecular flexibility index (Phi) is 8.59. The number of carbonyl (C=O) groups excluding carboxylic acids is 1. The fraction of sp³-hybridized carbons (Fsp3) is 0.308. The van der Waals surface area contributed by atoms with Crippen molar-refractivity contribution < 1.29 is 39.9 Å².